The number of amides is 1. The lowest BCUT2D eigenvalue weighted by Crippen LogP contribution is -2.36. The molecule has 1 aliphatic carbocycles. The minimum Gasteiger partial charge on any atom is -0.356 e. The molecule has 0 aromatic rings. The Morgan fingerprint density at radius 1 is 1.12 bits per heavy atom. The summed E-state index contributed by atoms with van der Waals surface area (Å²) in [7, 11) is 1.95. The molecule has 2 N–H and O–H groups in total. The van der Waals surface area contributed by atoms with Crippen molar-refractivity contribution in [3.63, 3.8) is 0 Å². The van der Waals surface area contributed by atoms with E-state index in [1.54, 1.807) is 0 Å². The molecule has 1 atom stereocenters. The molecule has 3 heteroatoms. The molecule has 1 unspecified atom stereocenters. The Hall–Kier alpha value is -0.570. The minimum atomic E-state index is 0.275. The third-order valence-corrected chi connectivity index (χ3v) is 3.65. The number of hydrogen-bond acceptors (Lipinski definition) is 2. The monoisotopic (exact) mass is 240 g/mol. The third-order valence-electron chi connectivity index (χ3n) is 3.65. The van der Waals surface area contributed by atoms with Crippen molar-refractivity contribution in [2.24, 2.45) is 11.8 Å². The van der Waals surface area contributed by atoms with Gasteiger partial charge in [0.1, 0.15) is 0 Å². The zero-order valence-corrected chi connectivity index (χ0v) is 11.4. The maximum absolute atomic E-state index is 12.0. The van der Waals surface area contributed by atoms with Gasteiger partial charge in [0.25, 0.3) is 0 Å². The second-order valence-corrected chi connectivity index (χ2v) is 5.45. The van der Waals surface area contributed by atoms with E-state index >= 15 is 0 Å². The summed E-state index contributed by atoms with van der Waals surface area (Å²) in [4.78, 5) is 12.0. The van der Waals surface area contributed by atoms with Crippen molar-refractivity contribution in [2.75, 3.05) is 20.1 Å². The molecular formula is C14H28N2O. The normalized spacial score (nSPS) is 20.4. The van der Waals surface area contributed by atoms with E-state index in [1.165, 1.54) is 32.1 Å². The quantitative estimate of drug-likeness (QED) is 0.774. The standard InChI is InChI=1S/C14H28N2O/c1-12(10-15-2)11-16-14(17)13-8-6-4-3-5-7-9-13/h12-13,15H,3-11H2,1-2H3,(H,16,17). The van der Waals surface area contributed by atoms with Crippen molar-refractivity contribution in [1.29, 1.82) is 0 Å². The first-order chi connectivity index (χ1) is 8.24. The van der Waals surface area contributed by atoms with E-state index < -0.39 is 0 Å². The Morgan fingerprint density at radius 2 is 1.71 bits per heavy atom. The fraction of sp³-hybridized carbons (Fsp3) is 0.929. The second kappa shape index (κ2) is 8.51. The third kappa shape index (κ3) is 6.06. The zero-order chi connectivity index (χ0) is 12.5. The highest BCUT2D eigenvalue weighted by Crippen LogP contribution is 2.22. The van der Waals surface area contributed by atoms with Gasteiger partial charge in [-0.1, -0.05) is 39.0 Å². The Labute approximate surface area is 106 Å². The lowest BCUT2D eigenvalue weighted by atomic mass is 9.90. The summed E-state index contributed by atoms with van der Waals surface area (Å²) in [5.74, 6) is 1.07. The predicted octanol–water partition coefficient (Wildman–Crippen LogP) is 2.32. The molecule has 0 aromatic carbocycles. The average molecular weight is 240 g/mol. The molecule has 1 saturated carbocycles. The Kier molecular flexibility index (Phi) is 7.25. The maximum Gasteiger partial charge on any atom is 0.223 e. The summed E-state index contributed by atoms with van der Waals surface area (Å²) in [5.41, 5.74) is 0. The maximum atomic E-state index is 12.0. The molecule has 1 fully saturated rings. The zero-order valence-electron chi connectivity index (χ0n) is 11.4. The van der Waals surface area contributed by atoms with E-state index in [-0.39, 0.29) is 11.8 Å². The molecule has 1 rings (SSSR count). The highest BCUT2D eigenvalue weighted by atomic mass is 16.1. The molecule has 1 amide bonds. The second-order valence-electron chi connectivity index (χ2n) is 5.45. The van der Waals surface area contributed by atoms with Gasteiger partial charge in [0.2, 0.25) is 5.91 Å². The fourth-order valence-electron chi connectivity index (χ4n) is 2.56. The fourth-order valence-corrected chi connectivity index (χ4v) is 2.56. The smallest absolute Gasteiger partial charge is 0.223 e. The SMILES string of the molecule is CNCC(C)CNC(=O)C1CCCCCCC1. The van der Waals surface area contributed by atoms with Crippen LogP contribution in [0.15, 0.2) is 0 Å². The number of carbonyl (C=O) groups is 1. The van der Waals surface area contributed by atoms with Crippen LogP contribution in [-0.2, 0) is 4.79 Å². The first kappa shape index (κ1) is 14.5. The van der Waals surface area contributed by atoms with Gasteiger partial charge in [-0.2, -0.15) is 0 Å². The number of rotatable bonds is 5. The molecule has 0 bridgehead atoms. The molecular weight excluding hydrogens is 212 g/mol. The van der Waals surface area contributed by atoms with Crippen LogP contribution in [0, 0.1) is 11.8 Å². The molecule has 0 aliphatic heterocycles. The van der Waals surface area contributed by atoms with Crippen molar-refractivity contribution >= 4 is 5.91 Å². The number of hydrogen-bond donors (Lipinski definition) is 2. The molecule has 17 heavy (non-hydrogen) atoms. The van der Waals surface area contributed by atoms with Crippen LogP contribution in [0.2, 0.25) is 0 Å². The van der Waals surface area contributed by atoms with E-state index in [9.17, 15) is 4.79 Å². The Balaban J connectivity index is 2.24. The van der Waals surface area contributed by atoms with Gasteiger partial charge in [-0.25, -0.2) is 0 Å². The van der Waals surface area contributed by atoms with E-state index in [2.05, 4.69) is 17.6 Å². The molecule has 100 valence electrons. The van der Waals surface area contributed by atoms with Crippen molar-refractivity contribution in [1.82, 2.24) is 10.6 Å². The van der Waals surface area contributed by atoms with E-state index in [0.29, 0.717) is 5.92 Å². The lowest BCUT2D eigenvalue weighted by Gasteiger charge is -2.20. The summed E-state index contributed by atoms with van der Waals surface area (Å²) in [5, 5.41) is 6.24. The summed E-state index contributed by atoms with van der Waals surface area (Å²) in [6.07, 6.45) is 8.60. The molecule has 1 aliphatic rings. The van der Waals surface area contributed by atoms with Crippen LogP contribution in [0.3, 0.4) is 0 Å². The predicted molar refractivity (Wildman–Crippen MR) is 71.9 cm³/mol. The topological polar surface area (TPSA) is 41.1 Å². The van der Waals surface area contributed by atoms with Gasteiger partial charge in [-0.15, -0.1) is 0 Å². The van der Waals surface area contributed by atoms with Crippen LogP contribution in [-0.4, -0.2) is 26.0 Å². The highest BCUT2D eigenvalue weighted by Gasteiger charge is 2.19. The van der Waals surface area contributed by atoms with Crippen LogP contribution >= 0.6 is 0 Å². The van der Waals surface area contributed by atoms with Crippen LogP contribution in [0.4, 0.5) is 0 Å². The molecule has 0 heterocycles. The molecule has 3 nitrogen and oxygen atoms in total. The van der Waals surface area contributed by atoms with Gasteiger partial charge >= 0.3 is 0 Å². The minimum absolute atomic E-state index is 0.275. The van der Waals surface area contributed by atoms with E-state index in [0.717, 1.165) is 25.9 Å². The Morgan fingerprint density at radius 3 is 2.29 bits per heavy atom. The number of nitrogens with one attached hydrogen (secondary N) is 2. The van der Waals surface area contributed by atoms with Crippen molar-refractivity contribution in [2.45, 2.75) is 51.9 Å². The molecule has 0 spiro atoms. The van der Waals surface area contributed by atoms with Gasteiger partial charge in [0.15, 0.2) is 0 Å². The van der Waals surface area contributed by atoms with Crippen LogP contribution in [0.25, 0.3) is 0 Å². The van der Waals surface area contributed by atoms with E-state index in [4.69, 9.17) is 0 Å². The van der Waals surface area contributed by atoms with Gasteiger partial charge in [0, 0.05) is 12.5 Å². The highest BCUT2D eigenvalue weighted by molar-refractivity contribution is 5.78. The van der Waals surface area contributed by atoms with Gasteiger partial charge in [0.05, 0.1) is 0 Å². The van der Waals surface area contributed by atoms with Crippen LogP contribution < -0.4 is 10.6 Å². The summed E-state index contributed by atoms with van der Waals surface area (Å²) in [6.45, 7) is 3.93. The van der Waals surface area contributed by atoms with Gasteiger partial charge in [-0.3, -0.25) is 4.79 Å². The first-order valence-corrected chi connectivity index (χ1v) is 7.16. The lowest BCUT2D eigenvalue weighted by molar-refractivity contribution is -0.125. The van der Waals surface area contributed by atoms with Gasteiger partial charge < -0.3 is 10.6 Å². The Bertz CT molecular complexity index is 210. The summed E-state index contributed by atoms with van der Waals surface area (Å²) < 4.78 is 0. The largest absolute Gasteiger partial charge is 0.356 e. The van der Waals surface area contributed by atoms with Crippen molar-refractivity contribution in [3.05, 3.63) is 0 Å². The van der Waals surface area contributed by atoms with Crippen LogP contribution in [0.1, 0.15) is 51.9 Å². The summed E-state index contributed by atoms with van der Waals surface area (Å²) in [6, 6.07) is 0. The molecule has 0 radical (unpaired) electrons. The number of carbonyl (C=O) groups excluding carboxylic acids is 1. The van der Waals surface area contributed by atoms with E-state index in [1.807, 2.05) is 7.05 Å². The van der Waals surface area contributed by atoms with Crippen molar-refractivity contribution in [3.8, 4) is 0 Å². The average Bonchev–Trinajstić information content (AvgIpc) is 2.26. The van der Waals surface area contributed by atoms with Gasteiger partial charge in [-0.05, 0) is 32.4 Å². The van der Waals surface area contributed by atoms with Crippen molar-refractivity contribution < 1.29 is 4.79 Å². The molecule has 0 aromatic heterocycles. The van der Waals surface area contributed by atoms with Crippen LogP contribution in [0.5, 0.6) is 0 Å². The summed E-state index contributed by atoms with van der Waals surface area (Å²) >= 11 is 0. The molecule has 0 saturated heterocycles. The first-order valence-electron chi connectivity index (χ1n) is 7.16.